The quantitative estimate of drug-likeness (QED) is 0.462. The zero-order valence-corrected chi connectivity index (χ0v) is 18.2. The monoisotopic (exact) mass is 450 g/mol. The van der Waals surface area contributed by atoms with Gasteiger partial charge in [0.05, 0.1) is 41.5 Å². The van der Waals surface area contributed by atoms with Crippen LogP contribution in [0.15, 0.2) is 57.4 Å². The fraction of sp³-hybridized carbons (Fsp3) is 0.364. The highest BCUT2D eigenvalue weighted by Crippen LogP contribution is 2.31. The van der Waals surface area contributed by atoms with Gasteiger partial charge in [-0.15, -0.1) is 0 Å². The molecule has 32 heavy (non-hydrogen) atoms. The van der Waals surface area contributed by atoms with Crippen molar-refractivity contribution in [1.29, 1.82) is 0 Å². The number of fused-ring (bicyclic) bond motifs is 2. The molecule has 2 aliphatic rings. The van der Waals surface area contributed by atoms with Gasteiger partial charge in [-0.2, -0.15) is 15.3 Å². The largest absolute Gasteiger partial charge is 0.476 e. The summed E-state index contributed by atoms with van der Waals surface area (Å²) in [5, 5.41) is 14.8. The average Bonchev–Trinajstić information content (AvgIpc) is 3.53. The van der Waals surface area contributed by atoms with E-state index >= 15 is 0 Å². The van der Waals surface area contributed by atoms with Crippen LogP contribution in [0.4, 0.5) is 0 Å². The third-order valence-electron chi connectivity index (χ3n) is 5.75. The fourth-order valence-electron chi connectivity index (χ4n) is 4.14. The Balaban J connectivity index is 1.21. The Bertz CT molecular complexity index is 1320. The van der Waals surface area contributed by atoms with Crippen LogP contribution in [0, 0.1) is 0 Å². The lowest BCUT2D eigenvalue weighted by atomic mass is 10.2. The number of nitrogens with zero attached hydrogens (tertiary/aromatic N) is 6. The zero-order valence-electron chi connectivity index (χ0n) is 17.4. The van der Waals surface area contributed by atoms with Gasteiger partial charge in [0.1, 0.15) is 12.8 Å². The van der Waals surface area contributed by atoms with Crippen LogP contribution in [0.1, 0.15) is 31.2 Å². The van der Waals surface area contributed by atoms with E-state index in [0.717, 1.165) is 52.7 Å². The third kappa shape index (κ3) is 3.69. The molecule has 0 aliphatic carbocycles. The van der Waals surface area contributed by atoms with E-state index in [1.807, 2.05) is 46.0 Å². The maximum absolute atomic E-state index is 13.0. The minimum Gasteiger partial charge on any atom is -0.476 e. The smallest absolute Gasteiger partial charge is 0.274 e. The topological polar surface area (TPSA) is 89.0 Å². The molecule has 1 atom stereocenters. The number of rotatable bonds is 5. The van der Waals surface area contributed by atoms with E-state index in [9.17, 15) is 4.79 Å². The Morgan fingerprint density at radius 3 is 2.94 bits per heavy atom. The van der Waals surface area contributed by atoms with E-state index in [1.54, 1.807) is 18.0 Å². The van der Waals surface area contributed by atoms with E-state index in [1.165, 1.54) is 11.1 Å². The van der Waals surface area contributed by atoms with Crippen LogP contribution < -0.4 is 10.3 Å². The Kier molecular flexibility index (Phi) is 4.95. The molecule has 1 saturated heterocycles. The van der Waals surface area contributed by atoms with E-state index < -0.39 is 0 Å². The second kappa shape index (κ2) is 8.10. The lowest BCUT2D eigenvalue weighted by Crippen LogP contribution is -2.23. The van der Waals surface area contributed by atoms with Crippen LogP contribution >= 0.6 is 11.8 Å². The summed E-state index contributed by atoms with van der Waals surface area (Å²) in [5.74, 6) is 0.744. The van der Waals surface area contributed by atoms with Gasteiger partial charge < -0.3 is 9.47 Å². The highest BCUT2D eigenvalue weighted by Gasteiger charge is 2.18. The van der Waals surface area contributed by atoms with Gasteiger partial charge in [-0.1, -0.05) is 11.8 Å². The maximum atomic E-state index is 13.0. The van der Waals surface area contributed by atoms with Crippen molar-refractivity contribution in [3.63, 3.8) is 0 Å². The van der Waals surface area contributed by atoms with Crippen molar-refractivity contribution >= 4 is 22.5 Å². The molecule has 0 N–H and O–H groups in total. The molecule has 10 heteroatoms. The first-order valence-electron chi connectivity index (χ1n) is 10.8. The molecule has 1 unspecified atom stereocenters. The Morgan fingerprint density at radius 1 is 1.09 bits per heavy atom. The second-order valence-corrected chi connectivity index (χ2v) is 9.13. The molecule has 0 spiro atoms. The first kappa shape index (κ1) is 19.6. The normalized spacial score (nSPS) is 18.1. The first-order chi connectivity index (χ1) is 15.7. The summed E-state index contributed by atoms with van der Waals surface area (Å²) in [7, 11) is 0. The number of hydrogen-bond donors (Lipinski definition) is 0. The molecule has 2 aliphatic heterocycles. The van der Waals surface area contributed by atoms with E-state index in [-0.39, 0.29) is 11.8 Å². The van der Waals surface area contributed by atoms with Crippen LogP contribution in [0.2, 0.25) is 0 Å². The van der Waals surface area contributed by atoms with Crippen molar-refractivity contribution in [2.45, 2.75) is 48.4 Å². The Morgan fingerprint density at radius 2 is 2.06 bits per heavy atom. The molecule has 0 amide bonds. The van der Waals surface area contributed by atoms with Crippen molar-refractivity contribution in [2.24, 2.45) is 0 Å². The lowest BCUT2D eigenvalue weighted by Gasteiger charge is -2.22. The molecule has 5 heterocycles. The van der Waals surface area contributed by atoms with Gasteiger partial charge in [0.2, 0.25) is 5.88 Å². The van der Waals surface area contributed by atoms with Gasteiger partial charge in [-0.25, -0.2) is 14.0 Å². The van der Waals surface area contributed by atoms with E-state index in [0.29, 0.717) is 18.5 Å². The number of benzene rings is 1. The number of hydrogen-bond acceptors (Lipinski definition) is 7. The average molecular weight is 451 g/mol. The molecular weight excluding hydrogens is 428 g/mol. The SMILES string of the molecule is O=c1c2ccc(Sc3cnn(C4CCCCO4)c3)cc2cnn1Cc1cc2n(n1)CCO2. The van der Waals surface area contributed by atoms with Gasteiger partial charge in [-0.05, 0) is 37.5 Å². The molecule has 1 fully saturated rings. The molecule has 0 bridgehead atoms. The van der Waals surface area contributed by atoms with E-state index in [2.05, 4.69) is 15.3 Å². The van der Waals surface area contributed by atoms with Crippen LogP contribution in [-0.2, 0) is 17.8 Å². The van der Waals surface area contributed by atoms with E-state index in [4.69, 9.17) is 9.47 Å². The van der Waals surface area contributed by atoms with Crippen molar-refractivity contribution in [3.8, 4) is 5.88 Å². The predicted molar refractivity (Wildman–Crippen MR) is 118 cm³/mol. The van der Waals surface area contributed by atoms with Crippen molar-refractivity contribution in [2.75, 3.05) is 13.2 Å². The molecule has 9 nitrogen and oxygen atoms in total. The molecule has 1 aromatic carbocycles. The summed E-state index contributed by atoms with van der Waals surface area (Å²) in [5.41, 5.74) is 0.634. The third-order valence-corrected chi connectivity index (χ3v) is 6.68. The van der Waals surface area contributed by atoms with Gasteiger partial charge in [0.25, 0.3) is 5.56 Å². The Labute approximate surface area is 187 Å². The molecule has 0 radical (unpaired) electrons. The summed E-state index contributed by atoms with van der Waals surface area (Å²) in [4.78, 5) is 15.0. The maximum Gasteiger partial charge on any atom is 0.274 e. The fourth-order valence-corrected chi connectivity index (χ4v) is 4.99. The van der Waals surface area contributed by atoms with Crippen LogP contribution in [0.3, 0.4) is 0 Å². The van der Waals surface area contributed by atoms with Gasteiger partial charge in [0, 0.05) is 29.2 Å². The molecule has 4 aromatic rings. The Hall–Kier alpha value is -3.11. The summed E-state index contributed by atoms with van der Waals surface area (Å²) in [6.07, 6.45) is 8.92. The van der Waals surface area contributed by atoms with Gasteiger partial charge in [-0.3, -0.25) is 4.79 Å². The lowest BCUT2D eigenvalue weighted by molar-refractivity contribution is -0.0396. The van der Waals surface area contributed by atoms with Gasteiger partial charge in [0.15, 0.2) is 0 Å². The molecule has 164 valence electrons. The van der Waals surface area contributed by atoms with Crippen LogP contribution in [-0.4, -0.2) is 42.6 Å². The second-order valence-electron chi connectivity index (χ2n) is 7.98. The summed E-state index contributed by atoms with van der Waals surface area (Å²) in [6.45, 7) is 2.49. The summed E-state index contributed by atoms with van der Waals surface area (Å²) in [6, 6.07) is 7.69. The zero-order chi connectivity index (χ0) is 21.5. The standard InChI is InChI=1S/C22H22N6O3S/c29-22-19-5-4-17(32-18-12-24-27(14-18)20-3-1-2-7-30-20)9-15(19)11-23-28(22)13-16-10-21-26(25-16)6-8-31-21/h4-5,9-12,14,20H,1-3,6-8,13H2. The van der Waals surface area contributed by atoms with Gasteiger partial charge >= 0.3 is 0 Å². The first-order valence-corrected chi connectivity index (χ1v) is 11.6. The van der Waals surface area contributed by atoms with Crippen molar-refractivity contribution in [1.82, 2.24) is 29.3 Å². The highest BCUT2D eigenvalue weighted by atomic mass is 32.2. The molecular formula is C22H22N6O3S. The van der Waals surface area contributed by atoms with Crippen molar-refractivity contribution < 1.29 is 9.47 Å². The molecule has 0 saturated carbocycles. The number of ether oxygens (including phenoxy) is 2. The minimum absolute atomic E-state index is 0.0282. The predicted octanol–water partition coefficient (Wildman–Crippen LogP) is 3.08. The minimum atomic E-state index is -0.129. The summed E-state index contributed by atoms with van der Waals surface area (Å²) >= 11 is 1.61. The highest BCUT2D eigenvalue weighted by molar-refractivity contribution is 7.99. The van der Waals surface area contributed by atoms with Crippen LogP contribution in [0.25, 0.3) is 10.8 Å². The molecule has 6 rings (SSSR count). The van der Waals surface area contributed by atoms with Crippen LogP contribution in [0.5, 0.6) is 5.88 Å². The molecule has 3 aromatic heterocycles. The summed E-state index contributed by atoms with van der Waals surface area (Å²) < 4.78 is 16.5. The number of aromatic nitrogens is 6. The van der Waals surface area contributed by atoms with Crippen molar-refractivity contribution in [3.05, 3.63) is 58.9 Å².